The number of para-hydroxylation sites is 1. The SMILES string of the molecule is CCOc1cc(C2C(C(=O)Nc3ccccc3C)=C(C)Nc3nnnn32)cc(Br)c1OCc1ccccc1Cl. The first kappa shape index (κ1) is 26.7. The van der Waals surface area contributed by atoms with E-state index < -0.39 is 6.04 Å². The van der Waals surface area contributed by atoms with Crippen molar-refractivity contribution in [1.82, 2.24) is 20.2 Å². The number of anilines is 2. The van der Waals surface area contributed by atoms with Crippen LogP contribution in [0.4, 0.5) is 11.6 Å². The Labute approximate surface area is 239 Å². The Morgan fingerprint density at radius 3 is 2.67 bits per heavy atom. The molecule has 1 amide bonds. The van der Waals surface area contributed by atoms with Gasteiger partial charge >= 0.3 is 0 Å². The van der Waals surface area contributed by atoms with Crippen molar-refractivity contribution in [1.29, 1.82) is 0 Å². The minimum absolute atomic E-state index is 0.255. The van der Waals surface area contributed by atoms with Crippen molar-refractivity contribution in [3.8, 4) is 11.5 Å². The second kappa shape index (κ2) is 11.5. The quantitative estimate of drug-likeness (QED) is 0.242. The third-order valence-electron chi connectivity index (χ3n) is 6.33. The molecule has 1 aromatic heterocycles. The number of aryl methyl sites for hydroxylation is 1. The van der Waals surface area contributed by atoms with Crippen molar-refractivity contribution in [3.05, 3.63) is 98.1 Å². The first-order chi connectivity index (χ1) is 18.9. The topological polar surface area (TPSA) is 103 Å². The Hall–Kier alpha value is -3.89. The average Bonchev–Trinajstić information content (AvgIpc) is 3.37. The van der Waals surface area contributed by atoms with Crippen LogP contribution in [-0.4, -0.2) is 32.7 Å². The van der Waals surface area contributed by atoms with Gasteiger partial charge in [-0.25, -0.2) is 0 Å². The molecule has 1 aliphatic rings. The number of nitrogens with one attached hydrogen (secondary N) is 2. The number of hydrogen-bond donors (Lipinski definition) is 2. The molecular formula is C28H26BrClN6O3. The molecule has 0 saturated carbocycles. The molecule has 200 valence electrons. The molecule has 11 heteroatoms. The van der Waals surface area contributed by atoms with Gasteiger partial charge in [-0.1, -0.05) is 53.1 Å². The van der Waals surface area contributed by atoms with E-state index in [0.29, 0.717) is 44.8 Å². The van der Waals surface area contributed by atoms with Crippen molar-refractivity contribution in [2.24, 2.45) is 0 Å². The molecule has 0 aliphatic carbocycles. The fourth-order valence-corrected chi connectivity index (χ4v) is 5.20. The summed E-state index contributed by atoms with van der Waals surface area (Å²) < 4.78 is 14.4. The Bertz CT molecular complexity index is 1570. The zero-order chi connectivity index (χ0) is 27.5. The Morgan fingerprint density at radius 1 is 1.13 bits per heavy atom. The number of allylic oxidation sites excluding steroid dienone is 1. The molecule has 2 heterocycles. The highest BCUT2D eigenvalue weighted by Gasteiger charge is 2.35. The van der Waals surface area contributed by atoms with Crippen LogP contribution < -0.4 is 20.1 Å². The minimum atomic E-state index is -0.631. The second-order valence-corrected chi connectivity index (χ2v) is 10.2. The molecule has 4 aromatic rings. The molecule has 0 bridgehead atoms. The van der Waals surface area contributed by atoms with Gasteiger partial charge in [-0.05, 0) is 82.5 Å². The van der Waals surface area contributed by atoms with E-state index in [9.17, 15) is 4.79 Å². The normalized spacial score (nSPS) is 14.4. The molecule has 39 heavy (non-hydrogen) atoms. The number of amides is 1. The predicted octanol–water partition coefficient (Wildman–Crippen LogP) is 6.30. The van der Waals surface area contributed by atoms with Gasteiger partial charge in [0.2, 0.25) is 5.95 Å². The predicted molar refractivity (Wildman–Crippen MR) is 153 cm³/mol. The van der Waals surface area contributed by atoms with E-state index in [1.807, 2.05) is 81.4 Å². The smallest absolute Gasteiger partial charge is 0.255 e. The number of halogens is 2. The van der Waals surface area contributed by atoms with Gasteiger partial charge in [0, 0.05) is 22.0 Å². The molecule has 1 atom stereocenters. The lowest BCUT2D eigenvalue weighted by atomic mass is 9.94. The van der Waals surface area contributed by atoms with Crippen molar-refractivity contribution in [2.75, 3.05) is 17.2 Å². The molecule has 2 N–H and O–H groups in total. The molecule has 0 spiro atoms. The molecule has 0 fully saturated rings. The number of hydrogen-bond acceptors (Lipinski definition) is 7. The third kappa shape index (κ3) is 5.48. The molecule has 5 rings (SSSR count). The number of tetrazole rings is 1. The lowest BCUT2D eigenvalue weighted by Gasteiger charge is -2.29. The summed E-state index contributed by atoms with van der Waals surface area (Å²) >= 11 is 9.99. The van der Waals surface area contributed by atoms with Crippen LogP contribution in [0.15, 0.2) is 76.4 Å². The largest absolute Gasteiger partial charge is 0.490 e. The molecule has 1 unspecified atom stereocenters. The third-order valence-corrected chi connectivity index (χ3v) is 7.29. The number of aromatic nitrogens is 4. The van der Waals surface area contributed by atoms with Crippen LogP contribution in [-0.2, 0) is 11.4 Å². The summed E-state index contributed by atoms with van der Waals surface area (Å²) in [7, 11) is 0. The number of carbonyl (C=O) groups excluding carboxylic acids is 1. The van der Waals surface area contributed by atoms with Gasteiger partial charge in [0.15, 0.2) is 11.5 Å². The van der Waals surface area contributed by atoms with Gasteiger partial charge in [0.05, 0.1) is 16.7 Å². The fraction of sp³-hybridized carbons (Fsp3) is 0.214. The van der Waals surface area contributed by atoms with Crippen LogP contribution in [0.25, 0.3) is 0 Å². The van der Waals surface area contributed by atoms with Crippen molar-refractivity contribution >= 4 is 45.1 Å². The van der Waals surface area contributed by atoms with E-state index in [1.54, 1.807) is 4.68 Å². The molecule has 0 saturated heterocycles. The lowest BCUT2D eigenvalue weighted by Crippen LogP contribution is -2.31. The van der Waals surface area contributed by atoms with Gasteiger partial charge in [-0.3, -0.25) is 4.79 Å². The molecule has 0 radical (unpaired) electrons. The standard InChI is InChI=1S/C28H26BrClN6O3/c1-4-38-23-14-19(13-20(29)26(23)39-15-18-10-6-7-11-21(18)30)25-24(17(3)31-28-33-34-35-36(25)28)27(37)32-22-12-8-5-9-16(22)2/h5-14,25H,4,15H2,1-3H3,(H,32,37)(H,31,33,35). The van der Waals surface area contributed by atoms with E-state index in [4.69, 9.17) is 21.1 Å². The van der Waals surface area contributed by atoms with E-state index in [0.717, 1.165) is 22.4 Å². The number of nitrogens with zero attached hydrogens (tertiary/aromatic N) is 4. The summed E-state index contributed by atoms with van der Waals surface area (Å²) in [4.78, 5) is 13.7. The number of ether oxygens (including phenoxy) is 2. The Morgan fingerprint density at radius 2 is 1.90 bits per heavy atom. The summed E-state index contributed by atoms with van der Waals surface area (Å²) in [6.45, 7) is 6.34. The molecular weight excluding hydrogens is 584 g/mol. The van der Waals surface area contributed by atoms with Gasteiger partial charge in [-0.2, -0.15) is 4.68 Å². The lowest BCUT2D eigenvalue weighted by molar-refractivity contribution is -0.113. The van der Waals surface area contributed by atoms with Crippen molar-refractivity contribution < 1.29 is 14.3 Å². The Kier molecular flexibility index (Phi) is 7.85. The highest BCUT2D eigenvalue weighted by Crippen LogP contribution is 2.43. The maximum absolute atomic E-state index is 13.7. The van der Waals surface area contributed by atoms with Gasteiger partial charge in [-0.15, -0.1) is 0 Å². The number of rotatable bonds is 8. The zero-order valence-corrected chi connectivity index (χ0v) is 23.9. The van der Waals surface area contributed by atoms with Crippen LogP contribution in [0.2, 0.25) is 5.02 Å². The molecule has 9 nitrogen and oxygen atoms in total. The maximum atomic E-state index is 13.7. The van der Waals surface area contributed by atoms with Crippen LogP contribution in [0, 0.1) is 6.92 Å². The highest BCUT2D eigenvalue weighted by molar-refractivity contribution is 9.10. The number of fused-ring (bicyclic) bond motifs is 1. The highest BCUT2D eigenvalue weighted by atomic mass is 79.9. The number of carbonyl (C=O) groups is 1. The summed E-state index contributed by atoms with van der Waals surface area (Å²) in [5, 5.41) is 18.9. The van der Waals surface area contributed by atoms with Gasteiger partial charge in [0.1, 0.15) is 12.6 Å². The van der Waals surface area contributed by atoms with Crippen molar-refractivity contribution in [3.63, 3.8) is 0 Å². The van der Waals surface area contributed by atoms with Gasteiger partial charge < -0.3 is 20.1 Å². The summed E-state index contributed by atoms with van der Waals surface area (Å²) in [6.07, 6.45) is 0. The maximum Gasteiger partial charge on any atom is 0.255 e. The van der Waals surface area contributed by atoms with E-state index >= 15 is 0 Å². The first-order valence-corrected chi connectivity index (χ1v) is 13.5. The summed E-state index contributed by atoms with van der Waals surface area (Å²) in [5.74, 6) is 1.20. The summed E-state index contributed by atoms with van der Waals surface area (Å²) in [6, 6.07) is 18.2. The Balaban J connectivity index is 1.54. The van der Waals surface area contributed by atoms with E-state index in [1.165, 1.54) is 0 Å². The minimum Gasteiger partial charge on any atom is -0.490 e. The fourth-order valence-electron chi connectivity index (χ4n) is 4.43. The monoisotopic (exact) mass is 608 g/mol. The van der Waals surface area contributed by atoms with E-state index in [2.05, 4.69) is 42.1 Å². The average molecular weight is 610 g/mol. The van der Waals surface area contributed by atoms with Crippen LogP contribution in [0.1, 0.15) is 36.6 Å². The molecule has 1 aliphatic heterocycles. The van der Waals surface area contributed by atoms with Gasteiger partial charge in [0.25, 0.3) is 5.91 Å². The second-order valence-electron chi connectivity index (χ2n) is 8.93. The first-order valence-electron chi connectivity index (χ1n) is 12.3. The van der Waals surface area contributed by atoms with Crippen molar-refractivity contribution in [2.45, 2.75) is 33.4 Å². The van der Waals surface area contributed by atoms with Crippen LogP contribution in [0.3, 0.4) is 0 Å². The summed E-state index contributed by atoms with van der Waals surface area (Å²) in [5.41, 5.74) is 4.37. The van der Waals surface area contributed by atoms with E-state index in [-0.39, 0.29) is 12.5 Å². The zero-order valence-electron chi connectivity index (χ0n) is 21.5. The van der Waals surface area contributed by atoms with Crippen LogP contribution in [0.5, 0.6) is 11.5 Å². The number of benzene rings is 3. The molecule has 3 aromatic carbocycles. The van der Waals surface area contributed by atoms with Crippen LogP contribution >= 0.6 is 27.5 Å².